The number of carbonyl (C=O) groups is 3. The van der Waals surface area contributed by atoms with Gasteiger partial charge in [-0.15, -0.1) is 5.10 Å². The van der Waals surface area contributed by atoms with Crippen LogP contribution in [-0.4, -0.2) is 54.7 Å². The van der Waals surface area contributed by atoms with E-state index in [1.165, 1.54) is 28.1 Å². The number of rotatable bonds is 2. The molecule has 3 amide bonds. The van der Waals surface area contributed by atoms with Crippen LogP contribution in [0.1, 0.15) is 15.9 Å². The van der Waals surface area contributed by atoms with Crippen LogP contribution in [0.4, 0.5) is 10.1 Å². The summed E-state index contributed by atoms with van der Waals surface area (Å²) in [7, 11) is 4.18. The predicted octanol–water partition coefficient (Wildman–Crippen LogP) is -0.312. The molecule has 0 aliphatic carbocycles. The number of nitrogens with two attached hydrogens (primary N) is 2. The monoisotopic (exact) mass is 431 g/mol. The molecule has 0 heterocycles. The van der Waals surface area contributed by atoms with Gasteiger partial charge in [0.1, 0.15) is 5.82 Å². The lowest BCUT2D eigenvalue weighted by Crippen LogP contribution is -2.46. The third-order valence-corrected chi connectivity index (χ3v) is 3.85. The van der Waals surface area contributed by atoms with E-state index in [4.69, 9.17) is 11.7 Å². The second-order valence-corrected chi connectivity index (χ2v) is 6.24. The molecule has 0 fully saturated rings. The Kier molecular flexibility index (Phi) is 7.03. The van der Waals surface area contributed by atoms with Crippen LogP contribution < -0.4 is 22.3 Å². The minimum atomic E-state index is -0.942. The molecule has 0 saturated carbocycles. The minimum absolute atomic E-state index is 0.0732. The van der Waals surface area contributed by atoms with E-state index in [9.17, 15) is 18.8 Å². The molecular weight excluding hydrogens is 413 g/mol. The van der Waals surface area contributed by atoms with Gasteiger partial charge in [0, 0.05) is 25.6 Å². The highest BCUT2D eigenvalue weighted by molar-refractivity contribution is 9.10. The lowest BCUT2D eigenvalue weighted by atomic mass is 10.0. The van der Waals surface area contributed by atoms with Crippen LogP contribution in [0.2, 0.25) is 0 Å². The predicted molar refractivity (Wildman–Crippen MR) is 97.2 cm³/mol. The SMILES string of the molecule is Cc1c(NC(=O)C(=O)N(C)C)c(Br)cc(F)c1C(=O)N/C(=N/N)N(C)N. The molecule has 0 radical (unpaired) electrons. The number of nitrogens with one attached hydrogen (secondary N) is 2. The quantitative estimate of drug-likeness (QED) is 0.166. The van der Waals surface area contributed by atoms with E-state index in [1.54, 1.807) is 0 Å². The molecule has 0 aliphatic heterocycles. The second-order valence-electron chi connectivity index (χ2n) is 5.39. The number of halogens is 2. The van der Waals surface area contributed by atoms with E-state index in [0.717, 1.165) is 16.0 Å². The number of anilines is 1. The summed E-state index contributed by atoms with van der Waals surface area (Å²) in [5.74, 6) is 6.84. The molecule has 12 heteroatoms. The molecule has 6 N–H and O–H groups in total. The van der Waals surface area contributed by atoms with Gasteiger partial charge in [0.05, 0.1) is 11.3 Å². The van der Waals surface area contributed by atoms with Crippen molar-refractivity contribution in [3.63, 3.8) is 0 Å². The zero-order chi connectivity index (χ0) is 20.2. The molecule has 26 heavy (non-hydrogen) atoms. The summed E-state index contributed by atoms with van der Waals surface area (Å²) in [6.07, 6.45) is 0. The molecule has 1 aromatic rings. The number of carbonyl (C=O) groups excluding carboxylic acids is 3. The maximum absolute atomic E-state index is 14.3. The molecule has 0 spiro atoms. The summed E-state index contributed by atoms with van der Waals surface area (Å²) in [6.45, 7) is 1.41. The molecule has 10 nitrogen and oxygen atoms in total. The Bertz CT molecular complexity index is 780. The lowest BCUT2D eigenvalue weighted by Gasteiger charge is -2.18. The first-order valence-electron chi connectivity index (χ1n) is 7.10. The van der Waals surface area contributed by atoms with E-state index in [2.05, 4.69) is 31.7 Å². The van der Waals surface area contributed by atoms with Crippen molar-refractivity contribution in [1.29, 1.82) is 0 Å². The fraction of sp³-hybridized carbons (Fsp3) is 0.286. The average molecular weight is 432 g/mol. The summed E-state index contributed by atoms with van der Waals surface area (Å²) < 4.78 is 14.5. The Balaban J connectivity index is 3.30. The molecule has 0 bridgehead atoms. The van der Waals surface area contributed by atoms with Crippen molar-refractivity contribution in [2.75, 3.05) is 26.5 Å². The Morgan fingerprint density at radius 1 is 1.27 bits per heavy atom. The highest BCUT2D eigenvalue weighted by Crippen LogP contribution is 2.31. The first kappa shape index (κ1) is 21.3. The van der Waals surface area contributed by atoms with E-state index in [1.807, 2.05) is 0 Å². The zero-order valence-corrected chi connectivity index (χ0v) is 16.1. The van der Waals surface area contributed by atoms with Crippen LogP contribution in [0.3, 0.4) is 0 Å². The zero-order valence-electron chi connectivity index (χ0n) is 14.6. The summed E-state index contributed by atoms with van der Waals surface area (Å²) in [4.78, 5) is 37.1. The number of guanidine groups is 1. The highest BCUT2D eigenvalue weighted by atomic mass is 79.9. The van der Waals surface area contributed by atoms with Crippen LogP contribution in [0.25, 0.3) is 0 Å². The molecule has 1 rings (SSSR count). The van der Waals surface area contributed by atoms with Crippen LogP contribution in [0, 0.1) is 12.7 Å². The number of hydrazine groups is 1. The fourth-order valence-electron chi connectivity index (χ4n) is 1.92. The normalized spacial score (nSPS) is 11.0. The second kappa shape index (κ2) is 8.58. The Morgan fingerprint density at radius 3 is 2.31 bits per heavy atom. The first-order valence-corrected chi connectivity index (χ1v) is 7.89. The molecule has 0 atom stereocenters. The van der Waals surface area contributed by atoms with Crippen molar-refractivity contribution in [3.8, 4) is 0 Å². The highest BCUT2D eigenvalue weighted by Gasteiger charge is 2.24. The van der Waals surface area contributed by atoms with Gasteiger partial charge in [-0.05, 0) is 34.5 Å². The van der Waals surface area contributed by atoms with Gasteiger partial charge in [-0.3, -0.25) is 24.7 Å². The van der Waals surface area contributed by atoms with Gasteiger partial charge >= 0.3 is 11.8 Å². The maximum Gasteiger partial charge on any atom is 0.313 e. The van der Waals surface area contributed by atoms with Crippen LogP contribution in [0.15, 0.2) is 15.6 Å². The van der Waals surface area contributed by atoms with Gasteiger partial charge < -0.3 is 16.1 Å². The van der Waals surface area contributed by atoms with Crippen molar-refractivity contribution < 1.29 is 18.8 Å². The van der Waals surface area contributed by atoms with Gasteiger partial charge in [0.2, 0.25) is 5.96 Å². The minimum Gasteiger partial charge on any atom is -0.341 e. The number of amides is 3. The number of likely N-dealkylation sites (N-methyl/N-ethyl adjacent to an activating group) is 1. The smallest absolute Gasteiger partial charge is 0.313 e. The topological polar surface area (TPSA) is 146 Å². The molecular formula is C14H19BrFN7O3. The van der Waals surface area contributed by atoms with E-state index < -0.39 is 23.5 Å². The number of hydrogen-bond acceptors (Lipinski definition) is 6. The van der Waals surface area contributed by atoms with E-state index in [-0.39, 0.29) is 27.2 Å². The van der Waals surface area contributed by atoms with Crippen molar-refractivity contribution in [3.05, 3.63) is 27.5 Å². The first-order chi connectivity index (χ1) is 12.0. The van der Waals surface area contributed by atoms with Crippen LogP contribution in [0.5, 0.6) is 0 Å². The van der Waals surface area contributed by atoms with Crippen molar-refractivity contribution in [2.45, 2.75) is 6.92 Å². The number of benzene rings is 1. The number of nitrogens with zero attached hydrogens (tertiary/aromatic N) is 3. The summed E-state index contributed by atoms with van der Waals surface area (Å²) in [5, 5.41) is 8.82. The van der Waals surface area contributed by atoms with Crippen LogP contribution in [-0.2, 0) is 9.59 Å². The Hall–Kier alpha value is -2.73. The Morgan fingerprint density at radius 2 is 1.85 bits per heavy atom. The van der Waals surface area contributed by atoms with Crippen molar-refractivity contribution in [2.24, 2.45) is 16.8 Å². The molecule has 0 unspecified atom stereocenters. The summed E-state index contributed by atoms with van der Waals surface area (Å²) in [5.41, 5.74) is -0.210. The van der Waals surface area contributed by atoms with Crippen molar-refractivity contribution in [1.82, 2.24) is 15.2 Å². The molecule has 0 saturated heterocycles. The van der Waals surface area contributed by atoms with Crippen molar-refractivity contribution >= 4 is 45.3 Å². The molecule has 0 aliphatic rings. The summed E-state index contributed by atoms with van der Waals surface area (Å²) >= 11 is 3.10. The van der Waals surface area contributed by atoms with Crippen LogP contribution >= 0.6 is 15.9 Å². The third-order valence-electron chi connectivity index (χ3n) is 3.23. The maximum atomic E-state index is 14.3. The van der Waals surface area contributed by atoms with Gasteiger partial charge in [-0.2, -0.15) is 0 Å². The fourth-order valence-corrected chi connectivity index (χ4v) is 2.51. The van der Waals surface area contributed by atoms with E-state index >= 15 is 0 Å². The van der Waals surface area contributed by atoms with Gasteiger partial charge in [0.15, 0.2) is 0 Å². The Labute approximate surface area is 157 Å². The standard InChI is InChI=1S/C14H19BrFN7O3/c1-6-9(11(24)20-14(21-17)23(4)18)8(16)5-7(15)10(6)19-12(25)13(26)22(2)3/h5H,17-18H2,1-4H3,(H,19,25)(H,20,21,24). The lowest BCUT2D eigenvalue weighted by molar-refractivity contribution is -0.141. The van der Waals surface area contributed by atoms with Gasteiger partial charge in [0.25, 0.3) is 5.91 Å². The van der Waals surface area contributed by atoms with Gasteiger partial charge in [-0.1, -0.05) is 0 Å². The number of hydrogen-bond donors (Lipinski definition) is 4. The molecule has 142 valence electrons. The molecule has 0 aromatic heterocycles. The largest absolute Gasteiger partial charge is 0.341 e. The van der Waals surface area contributed by atoms with Gasteiger partial charge in [-0.25, -0.2) is 10.2 Å². The average Bonchev–Trinajstić information content (AvgIpc) is 2.54. The van der Waals surface area contributed by atoms with E-state index in [0.29, 0.717) is 0 Å². The molecule has 1 aromatic carbocycles. The number of hydrazone groups is 1. The summed E-state index contributed by atoms with van der Waals surface area (Å²) in [6, 6.07) is 0.989. The third kappa shape index (κ3) is 4.67.